The number of carbonyl (C=O) groups is 1. The Hall–Kier alpha value is -0.730. The van der Waals surface area contributed by atoms with Gasteiger partial charge in [0.1, 0.15) is 5.60 Å². The van der Waals surface area contributed by atoms with Crippen molar-refractivity contribution in [2.75, 3.05) is 7.05 Å². The zero-order valence-electron chi connectivity index (χ0n) is 14.5. The van der Waals surface area contributed by atoms with Gasteiger partial charge in [0.25, 0.3) is 0 Å². The Kier molecular flexibility index (Phi) is 5.51. The van der Waals surface area contributed by atoms with Crippen LogP contribution < -0.4 is 0 Å². The molecule has 0 aromatic rings. The minimum Gasteiger partial charge on any atom is -0.444 e. The van der Waals surface area contributed by atoms with Crippen LogP contribution >= 0.6 is 0 Å². The molecule has 0 bridgehead atoms. The highest BCUT2D eigenvalue weighted by molar-refractivity contribution is 5.68. The molecule has 1 saturated carbocycles. The van der Waals surface area contributed by atoms with E-state index in [2.05, 4.69) is 20.8 Å². The normalized spacial score (nSPS) is 24.4. The van der Waals surface area contributed by atoms with Gasteiger partial charge < -0.3 is 9.64 Å². The third-order valence-electron chi connectivity index (χ3n) is 3.89. The molecular weight excluding hydrogens is 250 g/mol. The van der Waals surface area contributed by atoms with Gasteiger partial charge in [-0.2, -0.15) is 0 Å². The van der Waals surface area contributed by atoms with Crippen LogP contribution in [0.1, 0.15) is 73.6 Å². The fraction of sp³-hybridized carbons (Fsp3) is 0.941. The second-order valence-electron chi connectivity index (χ2n) is 8.54. The first kappa shape index (κ1) is 17.3. The van der Waals surface area contributed by atoms with Crippen LogP contribution in [0.5, 0.6) is 0 Å². The smallest absolute Gasteiger partial charge is 0.410 e. The molecule has 0 saturated heterocycles. The van der Waals surface area contributed by atoms with Gasteiger partial charge in [0, 0.05) is 13.1 Å². The van der Waals surface area contributed by atoms with Gasteiger partial charge in [-0.05, 0) is 51.4 Å². The zero-order valence-corrected chi connectivity index (χ0v) is 14.5. The van der Waals surface area contributed by atoms with Crippen LogP contribution in [0, 0.1) is 11.3 Å². The molecule has 2 unspecified atom stereocenters. The summed E-state index contributed by atoms with van der Waals surface area (Å²) in [6.07, 6.45) is 5.81. The minimum absolute atomic E-state index is 0.182. The summed E-state index contributed by atoms with van der Waals surface area (Å²) in [7, 11) is 1.89. The zero-order chi connectivity index (χ0) is 15.6. The van der Waals surface area contributed by atoms with Crippen LogP contribution in [0.3, 0.4) is 0 Å². The standard InChI is InChI=1S/C17H33NO2/c1-16(2,3)12-13-9-8-10-14(11-13)18(7)15(19)20-17(4,5)6/h13-14H,8-12H2,1-7H3. The summed E-state index contributed by atoms with van der Waals surface area (Å²) in [5.41, 5.74) is -0.0398. The Morgan fingerprint density at radius 2 is 1.75 bits per heavy atom. The van der Waals surface area contributed by atoms with Gasteiger partial charge in [-0.1, -0.05) is 33.6 Å². The molecule has 0 aromatic carbocycles. The second kappa shape index (κ2) is 6.36. The average Bonchev–Trinajstić information content (AvgIpc) is 2.23. The van der Waals surface area contributed by atoms with Crippen LogP contribution in [0.2, 0.25) is 0 Å². The lowest BCUT2D eigenvalue weighted by Gasteiger charge is -2.38. The maximum atomic E-state index is 12.2. The monoisotopic (exact) mass is 283 g/mol. The number of hydrogen-bond acceptors (Lipinski definition) is 2. The highest BCUT2D eigenvalue weighted by Gasteiger charge is 2.31. The molecule has 1 fully saturated rings. The topological polar surface area (TPSA) is 29.5 Å². The highest BCUT2D eigenvalue weighted by atomic mass is 16.6. The molecule has 2 atom stereocenters. The van der Waals surface area contributed by atoms with Crippen molar-refractivity contribution >= 4 is 6.09 Å². The number of rotatable bonds is 2. The van der Waals surface area contributed by atoms with Crippen molar-refractivity contribution in [2.45, 2.75) is 85.3 Å². The van der Waals surface area contributed by atoms with E-state index in [1.807, 2.05) is 32.7 Å². The first-order chi connectivity index (χ1) is 8.98. The van der Waals surface area contributed by atoms with Crippen molar-refractivity contribution in [3.63, 3.8) is 0 Å². The van der Waals surface area contributed by atoms with E-state index in [0.717, 1.165) is 18.8 Å². The van der Waals surface area contributed by atoms with Crippen molar-refractivity contribution in [3.05, 3.63) is 0 Å². The summed E-state index contributed by atoms with van der Waals surface area (Å²) in [6.45, 7) is 12.7. The van der Waals surface area contributed by atoms with E-state index >= 15 is 0 Å². The molecule has 3 nitrogen and oxygen atoms in total. The van der Waals surface area contributed by atoms with Crippen molar-refractivity contribution < 1.29 is 9.53 Å². The fourth-order valence-corrected chi connectivity index (χ4v) is 3.15. The lowest BCUT2D eigenvalue weighted by atomic mass is 9.76. The van der Waals surface area contributed by atoms with Crippen LogP contribution in [-0.4, -0.2) is 29.7 Å². The summed E-state index contributed by atoms with van der Waals surface area (Å²) in [6, 6.07) is 0.339. The Balaban J connectivity index is 2.56. The molecule has 1 amide bonds. The van der Waals surface area contributed by atoms with Crippen LogP contribution in [0.4, 0.5) is 4.79 Å². The molecule has 0 spiro atoms. The summed E-state index contributed by atoms with van der Waals surface area (Å²) >= 11 is 0. The lowest BCUT2D eigenvalue weighted by Crippen LogP contribution is -2.43. The molecule has 1 aliphatic carbocycles. The third-order valence-corrected chi connectivity index (χ3v) is 3.89. The average molecular weight is 283 g/mol. The predicted molar refractivity (Wildman–Crippen MR) is 83.8 cm³/mol. The number of hydrogen-bond donors (Lipinski definition) is 0. The predicted octanol–water partition coefficient (Wildman–Crippen LogP) is 4.85. The first-order valence-electron chi connectivity index (χ1n) is 7.94. The SMILES string of the molecule is CN(C(=O)OC(C)(C)C)C1CCCC(CC(C)(C)C)C1. The molecule has 0 heterocycles. The van der Waals surface area contributed by atoms with Gasteiger partial charge >= 0.3 is 6.09 Å². The number of amides is 1. The Bertz CT molecular complexity index is 325. The van der Waals surface area contributed by atoms with Gasteiger partial charge in [-0.3, -0.25) is 0 Å². The van der Waals surface area contributed by atoms with E-state index in [0.29, 0.717) is 11.5 Å². The van der Waals surface area contributed by atoms with Crippen molar-refractivity contribution in [2.24, 2.45) is 11.3 Å². The molecular formula is C17H33NO2. The van der Waals surface area contributed by atoms with E-state index in [1.54, 1.807) is 0 Å². The van der Waals surface area contributed by atoms with Crippen LogP contribution in [0.25, 0.3) is 0 Å². The molecule has 1 rings (SSSR count). The van der Waals surface area contributed by atoms with Crippen LogP contribution in [0.15, 0.2) is 0 Å². The van der Waals surface area contributed by atoms with Gasteiger partial charge in [0.15, 0.2) is 0 Å². The summed E-state index contributed by atoms with van der Waals surface area (Å²) in [4.78, 5) is 14.0. The second-order valence-corrected chi connectivity index (χ2v) is 8.54. The molecule has 0 aliphatic heterocycles. The maximum absolute atomic E-state index is 12.2. The van der Waals surface area contributed by atoms with E-state index in [1.165, 1.54) is 19.3 Å². The molecule has 20 heavy (non-hydrogen) atoms. The minimum atomic E-state index is -0.412. The Labute approximate surface area is 125 Å². The summed E-state index contributed by atoms with van der Waals surface area (Å²) < 4.78 is 5.48. The van der Waals surface area contributed by atoms with E-state index < -0.39 is 5.60 Å². The Morgan fingerprint density at radius 3 is 2.25 bits per heavy atom. The molecule has 0 N–H and O–H groups in total. The van der Waals surface area contributed by atoms with Crippen molar-refractivity contribution in [3.8, 4) is 0 Å². The highest BCUT2D eigenvalue weighted by Crippen LogP contribution is 2.35. The summed E-state index contributed by atoms with van der Waals surface area (Å²) in [5.74, 6) is 0.735. The van der Waals surface area contributed by atoms with Gasteiger partial charge in [0.2, 0.25) is 0 Å². The number of carbonyl (C=O) groups excluding carboxylic acids is 1. The summed E-state index contributed by atoms with van der Waals surface area (Å²) in [5, 5.41) is 0. The van der Waals surface area contributed by atoms with Crippen molar-refractivity contribution in [1.29, 1.82) is 0 Å². The largest absolute Gasteiger partial charge is 0.444 e. The van der Waals surface area contributed by atoms with Crippen molar-refractivity contribution in [1.82, 2.24) is 4.90 Å². The van der Waals surface area contributed by atoms with Gasteiger partial charge in [-0.15, -0.1) is 0 Å². The van der Waals surface area contributed by atoms with E-state index in [9.17, 15) is 4.79 Å². The quantitative estimate of drug-likeness (QED) is 0.725. The van der Waals surface area contributed by atoms with E-state index in [4.69, 9.17) is 4.74 Å². The van der Waals surface area contributed by atoms with Gasteiger partial charge in [-0.25, -0.2) is 4.79 Å². The molecule has 3 heteroatoms. The lowest BCUT2D eigenvalue weighted by molar-refractivity contribution is 0.0153. The molecule has 0 aromatic heterocycles. The number of ether oxygens (including phenoxy) is 1. The molecule has 118 valence electrons. The Morgan fingerprint density at radius 1 is 1.15 bits per heavy atom. The third kappa shape index (κ3) is 6.15. The maximum Gasteiger partial charge on any atom is 0.410 e. The fourth-order valence-electron chi connectivity index (χ4n) is 3.15. The van der Waals surface area contributed by atoms with E-state index in [-0.39, 0.29) is 6.09 Å². The first-order valence-corrected chi connectivity index (χ1v) is 7.94. The van der Waals surface area contributed by atoms with Crippen LogP contribution in [-0.2, 0) is 4.74 Å². The van der Waals surface area contributed by atoms with Gasteiger partial charge in [0.05, 0.1) is 0 Å². The number of nitrogens with zero attached hydrogens (tertiary/aromatic N) is 1. The molecule has 0 radical (unpaired) electrons. The molecule has 1 aliphatic rings.